The van der Waals surface area contributed by atoms with E-state index in [0.29, 0.717) is 30.2 Å². The number of rotatable bonds is 6. The number of morpholine rings is 1. The SMILES string of the molecule is Cc1ccc(N2N=C(c3ccc(F)cc3)C(c3ccc(Cl)o3)C2(C)C(=O)NCC2CN(C)CCO2)cc1. The van der Waals surface area contributed by atoms with Gasteiger partial charge in [-0.3, -0.25) is 4.79 Å². The van der Waals surface area contributed by atoms with Gasteiger partial charge in [0.2, 0.25) is 5.91 Å². The zero-order chi connectivity index (χ0) is 26.2. The highest BCUT2D eigenvalue weighted by Crippen LogP contribution is 2.45. The summed E-state index contributed by atoms with van der Waals surface area (Å²) in [5.41, 5.74) is 1.88. The van der Waals surface area contributed by atoms with Crippen molar-refractivity contribution in [2.24, 2.45) is 5.10 Å². The maximum atomic E-state index is 14.1. The molecular weight excluding hydrogens is 495 g/mol. The number of carbonyl (C=O) groups is 1. The minimum atomic E-state index is -1.22. The van der Waals surface area contributed by atoms with Gasteiger partial charge in [-0.2, -0.15) is 5.10 Å². The van der Waals surface area contributed by atoms with Gasteiger partial charge in [0.25, 0.3) is 0 Å². The van der Waals surface area contributed by atoms with Crippen molar-refractivity contribution in [3.8, 4) is 0 Å². The van der Waals surface area contributed by atoms with E-state index in [0.717, 1.165) is 24.3 Å². The van der Waals surface area contributed by atoms with Gasteiger partial charge in [0.05, 0.1) is 30.0 Å². The summed E-state index contributed by atoms with van der Waals surface area (Å²) in [6.45, 7) is 6.42. The number of amides is 1. The number of likely N-dealkylation sites (N-methyl/N-ethyl adjacent to an activating group) is 1. The number of benzene rings is 2. The molecule has 37 heavy (non-hydrogen) atoms. The maximum absolute atomic E-state index is 14.1. The number of carbonyl (C=O) groups excluding carboxylic acids is 1. The van der Waals surface area contributed by atoms with E-state index in [9.17, 15) is 9.18 Å². The second-order valence-corrected chi connectivity index (χ2v) is 10.2. The highest BCUT2D eigenvalue weighted by molar-refractivity contribution is 6.28. The van der Waals surface area contributed by atoms with Gasteiger partial charge in [-0.15, -0.1) is 0 Å². The molecule has 2 aliphatic heterocycles. The van der Waals surface area contributed by atoms with Crippen LogP contribution in [0.3, 0.4) is 0 Å². The lowest BCUT2D eigenvalue weighted by atomic mass is 9.78. The first-order chi connectivity index (χ1) is 17.8. The second kappa shape index (κ2) is 10.3. The third-order valence-corrected chi connectivity index (χ3v) is 7.28. The number of halogens is 2. The summed E-state index contributed by atoms with van der Waals surface area (Å²) in [7, 11) is 2.04. The number of furan rings is 1. The fourth-order valence-electron chi connectivity index (χ4n) is 5.01. The van der Waals surface area contributed by atoms with E-state index in [1.54, 1.807) is 29.3 Å². The van der Waals surface area contributed by atoms with Crippen molar-refractivity contribution < 1.29 is 18.3 Å². The fourth-order valence-corrected chi connectivity index (χ4v) is 5.17. The van der Waals surface area contributed by atoms with Crippen LogP contribution in [0.4, 0.5) is 10.1 Å². The molecule has 194 valence electrons. The molecule has 1 fully saturated rings. The van der Waals surface area contributed by atoms with Crippen LogP contribution in [0.15, 0.2) is 70.2 Å². The van der Waals surface area contributed by atoms with E-state index in [4.69, 9.17) is 25.9 Å². The lowest BCUT2D eigenvalue weighted by Gasteiger charge is -2.37. The monoisotopic (exact) mass is 524 g/mol. The molecule has 7 nitrogen and oxygen atoms in total. The van der Waals surface area contributed by atoms with Crippen LogP contribution in [0.25, 0.3) is 0 Å². The molecule has 1 amide bonds. The molecule has 3 aromatic rings. The molecule has 1 saturated heterocycles. The molecule has 9 heteroatoms. The Morgan fingerprint density at radius 2 is 1.89 bits per heavy atom. The molecule has 3 unspecified atom stereocenters. The van der Waals surface area contributed by atoms with Gasteiger partial charge in [-0.05, 0) is 74.5 Å². The predicted molar refractivity (Wildman–Crippen MR) is 142 cm³/mol. The van der Waals surface area contributed by atoms with Crippen molar-refractivity contribution in [3.05, 3.63) is 88.6 Å². The molecule has 2 aromatic carbocycles. The van der Waals surface area contributed by atoms with E-state index in [1.807, 2.05) is 45.2 Å². The van der Waals surface area contributed by atoms with Crippen LogP contribution in [0.2, 0.25) is 5.22 Å². The number of anilines is 1. The molecule has 3 heterocycles. The van der Waals surface area contributed by atoms with Crippen molar-refractivity contribution in [1.82, 2.24) is 10.2 Å². The Balaban J connectivity index is 1.58. The first-order valence-corrected chi connectivity index (χ1v) is 12.7. The van der Waals surface area contributed by atoms with E-state index < -0.39 is 11.5 Å². The Morgan fingerprint density at radius 1 is 1.16 bits per heavy atom. The molecule has 0 spiro atoms. The highest BCUT2D eigenvalue weighted by atomic mass is 35.5. The zero-order valence-corrected chi connectivity index (χ0v) is 21.8. The smallest absolute Gasteiger partial charge is 0.249 e. The van der Waals surface area contributed by atoms with Crippen LogP contribution in [0.5, 0.6) is 0 Å². The number of hydrogen-bond donors (Lipinski definition) is 1. The summed E-state index contributed by atoms with van der Waals surface area (Å²) in [5, 5.41) is 10.0. The fraction of sp³-hybridized carbons (Fsp3) is 0.357. The standard InChI is InChI=1S/C28H30ClFN4O3/c1-18-4-10-21(11-5-18)34-28(2,27(35)31-16-22-17-33(3)14-15-36-22)25(23-12-13-24(29)37-23)26(32-34)19-6-8-20(30)9-7-19/h4-13,22,25H,14-17H2,1-3H3,(H,31,35). The summed E-state index contributed by atoms with van der Waals surface area (Å²) in [5.74, 6) is -0.715. The van der Waals surface area contributed by atoms with Gasteiger partial charge in [0, 0.05) is 19.6 Å². The predicted octanol–water partition coefficient (Wildman–Crippen LogP) is 4.59. The Hall–Kier alpha value is -3.20. The van der Waals surface area contributed by atoms with Crippen molar-refractivity contribution in [2.45, 2.75) is 31.4 Å². The molecule has 0 radical (unpaired) electrons. The maximum Gasteiger partial charge on any atom is 0.249 e. The van der Waals surface area contributed by atoms with E-state index in [2.05, 4.69) is 10.2 Å². The first kappa shape index (κ1) is 25.4. The van der Waals surface area contributed by atoms with Crippen LogP contribution in [-0.4, -0.2) is 61.5 Å². The van der Waals surface area contributed by atoms with Gasteiger partial charge in [0.15, 0.2) is 10.8 Å². The summed E-state index contributed by atoms with van der Waals surface area (Å²) >= 11 is 6.18. The van der Waals surface area contributed by atoms with Gasteiger partial charge in [-0.1, -0.05) is 29.8 Å². The normalized spacial score (nSPS) is 24.2. The second-order valence-electron chi connectivity index (χ2n) is 9.83. The highest BCUT2D eigenvalue weighted by Gasteiger charge is 2.56. The van der Waals surface area contributed by atoms with Crippen LogP contribution in [-0.2, 0) is 9.53 Å². The number of hydrazone groups is 1. The van der Waals surface area contributed by atoms with Gasteiger partial charge in [0.1, 0.15) is 11.6 Å². The van der Waals surface area contributed by atoms with Crippen LogP contribution in [0.1, 0.15) is 29.7 Å². The molecule has 1 aromatic heterocycles. The summed E-state index contributed by atoms with van der Waals surface area (Å²) < 4.78 is 25.5. The van der Waals surface area contributed by atoms with E-state index in [-0.39, 0.29) is 23.0 Å². The van der Waals surface area contributed by atoms with Gasteiger partial charge < -0.3 is 19.4 Å². The molecular formula is C28H30ClFN4O3. The van der Waals surface area contributed by atoms with Crippen LogP contribution >= 0.6 is 11.6 Å². The number of ether oxygens (including phenoxy) is 1. The average molecular weight is 525 g/mol. The van der Waals surface area contributed by atoms with E-state index in [1.165, 1.54) is 12.1 Å². The van der Waals surface area contributed by atoms with Crippen molar-refractivity contribution in [1.29, 1.82) is 0 Å². The summed E-state index contributed by atoms with van der Waals surface area (Å²) in [6.07, 6.45) is -0.116. The number of aryl methyl sites for hydroxylation is 1. The van der Waals surface area contributed by atoms with E-state index >= 15 is 0 Å². The van der Waals surface area contributed by atoms with Crippen molar-refractivity contribution in [2.75, 3.05) is 38.3 Å². The van der Waals surface area contributed by atoms with Crippen LogP contribution < -0.4 is 10.3 Å². The summed E-state index contributed by atoms with van der Waals surface area (Å²) in [6, 6.07) is 17.3. The largest absolute Gasteiger partial charge is 0.449 e. The Bertz CT molecular complexity index is 1290. The summed E-state index contributed by atoms with van der Waals surface area (Å²) in [4.78, 5) is 16.3. The number of nitrogens with zero attached hydrogens (tertiary/aromatic N) is 3. The Kier molecular flexibility index (Phi) is 7.07. The van der Waals surface area contributed by atoms with Crippen molar-refractivity contribution in [3.63, 3.8) is 0 Å². The molecule has 0 aliphatic carbocycles. The molecule has 1 N–H and O–H groups in total. The molecule has 3 atom stereocenters. The quantitative estimate of drug-likeness (QED) is 0.510. The third kappa shape index (κ3) is 5.01. The topological polar surface area (TPSA) is 70.3 Å². The molecule has 0 bridgehead atoms. The lowest BCUT2D eigenvalue weighted by Crippen LogP contribution is -2.58. The molecule has 0 saturated carbocycles. The molecule has 5 rings (SSSR count). The minimum absolute atomic E-state index is 0.116. The average Bonchev–Trinajstić information content (AvgIpc) is 3.44. The lowest BCUT2D eigenvalue weighted by molar-refractivity contribution is -0.127. The number of hydrogen-bond acceptors (Lipinski definition) is 6. The Morgan fingerprint density at radius 3 is 2.54 bits per heavy atom. The van der Waals surface area contributed by atoms with Crippen LogP contribution in [0, 0.1) is 12.7 Å². The molecule has 2 aliphatic rings. The Labute approximate surface area is 220 Å². The van der Waals surface area contributed by atoms with Gasteiger partial charge >= 0.3 is 0 Å². The zero-order valence-electron chi connectivity index (χ0n) is 21.1. The minimum Gasteiger partial charge on any atom is -0.449 e. The van der Waals surface area contributed by atoms with Gasteiger partial charge in [-0.25, -0.2) is 9.40 Å². The number of nitrogens with one attached hydrogen (secondary N) is 1. The third-order valence-electron chi connectivity index (χ3n) is 7.07. The van der Waals surface area contributed by atoms with Crippen molar-refractivity contribution >= 4 is 28.9 Å². The first-order valence-electron chi connectivity index (χ1n) is 12.3.